The molecule has 0 saturated carbocycles. The zero-order chi connectivity index (χ0) is 14.4. The van der Waals surface area contributed by atoms with Crippen LogP contribution in [0.1, 0.15) is 70.4 Å². The molecule has 0 heterocycles. The van der Waals surface area contributed by atoms with Crippen LogP contribution in [0.25, 0.3) is 0 Å². The van der Waals surface area contributed by atoms with E-state index in [0.717, 1.165) is 12.8 Å². The maximum atomic E-state index is 3.79. The Bertz CT molecular complexity index is 404. The van der Waals surface area contributed by atoms with Crippen LogP contribution in [0.4, 0.5) is 5.69 Å². The molecule has 1 atom stereocenters. The van der Waals surface area contributed by atoms with Crippen molar-refractivity contribution in [3.05, 3.63) is 42.0 Å². The Balaban J connectivity index is 2.90. The van der Waals surface area contributed by atoms with Gasteiger partial charge in [-0.1, -0.05) is 45.9 Å². The first-order chi connectivity index (χ1) is 8.95. The van der Waals surface area contributed by atoms with E-state index >= 15 is 0 Å². The molecule has 1 nitrogen and oxygen atoms in total. The largest absolute Gasteiger partial charge is 0.382 e. The van der Waals surface area contributed by atoms with Crippen molar-refractivity contribution in [2.75, 3.05) is 5.32 Å². The van der Waals surface area contributed by atoms with Gasteiger partial charge >= 0.3 is 0 Å². The number of hydrogen-bond donors (Lipinski definition) is 1. The minimum atomic E-state index is 0.486. The lowest BCUT2D eigenvalue weighted by atomic mass is 9.94. The van der Waals surface area contributed by atoms with Crippen molar-refractivity contribution in [2.24, 2.45) is 0 Å². The summed E-state index contributed by atoms with van der Waals surface area (Å²) < 4.78 is 0. The van der Waals surface area contributed by atoms with Gasteiger partial charge in [-0.3, -0.25) is 0 Å². The first-order valence-electron chi connectivity index (χ1n) is 7.47. The van der Waals surface area contributed by atoms with E-state index in [4.69, 9.17) is 0 Å². The SMILES string of the molecule is C=CCCC(C)Nc1ccc(C(C)C)cc1C(C)C. The molecule has 0 fully saturated rings. The Morgan fingerprint density at radius 3 is 2.32 bits per heavy atom. The molecule has 0 amide bonds. The van der Waals surface area contributed by atoms with Crippen LogP contribution in [0.3, 0.4) is 0 Å². The molecule has 19 heavy (non-hydrogen) atoms. The lowest BCUT2D eigenvalue weighted by Crippen LogP contribution is -2.16. The Morgan fingerprint density at radius 1 is 1.11 bits per heavy atom. The molecule has 0 aliphatic carbocycles. The molecule has 0 saturated heterocycles. The second-order valence-corrected chi connectivity index (χ2v) is 6.07. The molecule has 0 spiro atoms. The standard InChI is InChI=1S/C18H29N/c1-7-8-9-15(6)19-18-11-10-16(13(2)3)12-17(18)14(4)5/h7,10-15,19H,1,8-9H2,2-6H3. The maximum Gasteiger partial charge on any atom is 0.0377 e. The van der Waals surface area contributed by atoms with Gasteiger partial charge in [0.15, 0.2) is 0 Å². The first-order valence-corrected chi connectivity index (χ1v) is 7.47. The summed E-state index contributed by atoms with van der Waals surface area (Å²) in [5.41, 5.74) is 4.14. The molecule has 1 rings (SSSR count). The van der Waals surface area contributed by atoms with Gasteiger partial charge in [0.05, 0.1) is 0 Å². The number of nitrogens with one attached hydrogen (secondary N) is 1. The molecule has 0 aliphatic rings. The lowest BCUT2D eigenvalue weighted by Gasteiger charge is -2.21. The third-order valence-corrected chi connectivity index (χ3v) is 3.57. The molecular weight excluding hydrogens is 230 g/mol. The van der Waals surface area contributed by atoms with Crippen LogP contribution in [0.15, 0.2) is 30.9 Å². The summed E-state index contributed by atoms with van der Waals surface area (Å²) in [5.74, 6) is 1.14. The molecular formula is C18H29N. The van der Waals surface area contributed by atoms with Crippen LogP contribution in [-0.2, 0) is 0 Å². The monoisotopic (exact) mass is 259 g/mol. The normalized spacial score (nSPS) is 12.8. The topological polar surface area (TPSA) is 12.0 Å². The quantitative estimate of drug-likeness (QED) is 0.619. The molecule has 0 aromatic heterocycles. The number of rotatable bonds is 7. The van der Waals surface area contributed by atoms with Crippen LogP contribution in [0.5, 0.6) is 0 Å². The number of benzene rings is 1. The fraction of sp³-hybridized carbons (Fsp3) is 0.556. The zero-order valence-electron chi connectivity index (χ0n) is 13.2. The fourth-order valence-corrected chi connectivity index (χ4v) is 2.25. The molecule has 1 heteroatoms. The predicted molar refractivity (Wildman–Crippen MR) is 87.1 cm³/mol. The Kier molecular flexibility index (Phi) is 6.14. The highest BCUT2D eigenvalue weighted by molar-refractivity contribution is 5.55. The van der Waals surface area contributed by atoms with Crippen molar-refractivity contribution in [2.45, 2.75) is 65.3 Å². The van der Waals surface area contributed by atoms with Crippen LogP contribution in [0, 0.1) is 0 Å². The summed E-state index contributed by atoms with van der Waals surface area (Å²) in [6, 6.07) is 7.34. The van der Waals surface area contributed by atoms with Crippen LogP contribution in [0.2, 0.25) is 0 Å². The molecule has 1 unspecified atom stereocenters. The lowest BCUT2D eigenvalue weighted by molar-refractivity contribution is 0.714. The minimum absolute atomic E-state index is 0.486. The van der Waals surface area contributed by atoms with E-state index in [1.807, 2.05) is 6.08 Å². The molecule has 0 aliphatic heterocycles. The third-order valence-electron chi connectivity index (χ3n) is 3.57. The van der Waals surface area contributed by atoms with Gasteiger partial charge in [-0.15, -0.1) is 6.58 Å². The van der Waals surface area contributed by atoms with Crippen molar-refractivity contribution < 1.29 is 0 Å². The molecule has 1 aromatic rings. The molecule has 0 radical (unpaired) electrons. The second-order valence-electron chi connectivity index (χ2n) is 6.07. The number of anilines is 1. The zero-order valence-corrected chi connectivity index (χ0v) is 13.2. The summed E-state index contributed by atoms with van der Waals surface area (Å²) in [7, 11) is 0. The van der Waals surface area contributed by atoms with Gasteiger partial charge in [0, 0.05) is 11.7 Å². The summed E-state index contributed by atoms with van der Waals surface area (Å²) in [6.07, 6.45) is 4.19. The van der Waals surface area contributed by atoms with Gasteiger partial charge in [0.1, 0.15) is 0 Å². The van der Waals surface area contributed by atoms with E-state index in [-0.39, 0.29) is 0 Å². The highest BCUT2D eigenvalue weighted by Crippen LogP contribution is 2.29. The van der Waals surface area contributed by atoms with E-state index in [1.54, 1.807) is 0 Å². The molecule has 0 bridgehead atoms. The highest BCUT2D eigenvalue weighted by atomic mass is 14.9. The van der Waals surface area contributed by atoms with E-state index in [0.29, 0.717) is 17.9 Å². The summed E-state index contributed by atoms with van der Waals surface area (Å²) in [6.45, 7) is 15.1. The summed E-state index contributed by atoms with van der Waals surface area (Å²) >= 11 is 0. The van der Waals surface area contributed by atoms with Gasteiger partial charge in [0.25, 0.3) is 0 Å². The average molecular weight is 259 g/mol. The van der Waals surface area contributed by atoms with Crippen molar-refractivity contribution >= 4 is 5.69 Å². The maximum absolute atomic E-state index is 3.79. The smallest absolute Gasteiger partial charge is 0.0377 e. The predicted octanol–water partition coefficient (Wildman–Crippen LogP) is 5.70. The van der Waals surface area contributed by atoms with Crippen LogP contribution in [-0.4, -0.2) is 6.04 Å². The minimum Gasteiger partial charge on any atom is -0.382 e. The van der Waals surface area contributed by atoms with E-state index in [1.165, 1.54) is 16.8 Å². The molecule has 1 N–H and O–H groups in total. The number of allylic oxidation sites excluding steroid dienone is 1. The molecule has 1 aromatic carbocycles. The van der Waals surface area contributed by atoms with Crippen LogP contribution >= 0.6 is 0 Å². The summed E-state index contributed by atoms with van der Waals surface area (Å²) in [4.78, 5) is 0. The van der Waals surface area contributed by atoms with Gasteiger partial charge in [-0.05, 0) is 48.8 Å². The Labute approximate surface area is 119 Å². The van der Waals surface area contributed by atoms with Crippen molar-refractivity contribution in [3.63, 3.8) is 0 Å². The van der Waals surface area contributed by atoms with E-state index in [9.17, 15) is 0 Å². The van der Waals surface area contributed by atoms with Gasteiger partial charge < -0.3 is 5.32 Å². The van der Waals surface area contributed by atoms with Crippen molar-refractivity contribution in [1.82, 2.24) is 0 Å². The molecule has 106 valence electrons. The van der Waals surface area contributed by atoms with Crippen molar-refractivity contribution in [1.29, 1.82) is 0 Å². The first kappa shape index (κ1) is 15.8. The van der Waals surface area contributed by atoms with E-state index in [2.05, 4.69) is 64.7 Å². The Hall–Kier alpha value is -1.24. The average Bonchev–Trinajstić information content (AvgIpc) is 2.36. The number of hydrogen-bond acceptors (Lipinski definition) is 1. The van der Waals surface area contributed by atoms with Gasteiger partial charge in [0.2, 0.25) is 0 Å². The van der Waals surface area contributed by atoms with Crippen LogP contribution < -0.4 is 5.32 Å². The summed E-state index contributed by atoms with van der Waals surface area (Å²) in [5, 5.41) is 3.64. The highest BCUT2D eigenvalue weighted by Gasteiger charge is 2.11. The van der Waals surface area contributed by atoms with Crippen molar-refractivity contribution in [3.8, 4) is 0 Å². The van der Waals surface area contributed by atoms with Gasteiger partial charge in [-0.2, -0.15) is 0 Å². The fourth-order valence-electron chi connectivity index (χ4n) is 2.25. The second kappa shape index (κ2) is 7.37. The van der Waals surface area contributed by atoms with E-state index < -0.39 is 0 Å². The van der Waals surface area contributed by atoms with Gasteiger partial charge in [-0.25, -0.2) is 0 Å². The Morgan fingerprint density at radius 2 is 1.79 bits per heavy atom. The third kappa shape index (κ3) is 4.74.